The van der Waals surface area contributed by atoms with Crippen LogP contribution in [0.25, 0.3) is 0 Å². The van der Waals surface area contributed by atoms with Gasteiger partial charge in [0.05, 0.1) is 18.4 Å². The Balaban J connectivity index is 1.42. The minimum absolute atomic E-state index is 0.0297. The van der Waals surface area contributed by atoms with Gasteiger partial charge in [0.2, 0.25) is 30.4 Å². The molecule has 10 nitrogen and oxygen atoms in total. The second kappa shape index (κ2) is 7.79. The number of carbonyl (C=O) groups excluding carboxylic acids is 4. The second-order valence-corrected chi connectivity index (χ2v) is 9.98. The molecule has 36 heavy (non-hydrogen) atoms. The average molecular weight is 491 g/mol. The number of anilines is 1. The number of nitrogens with one attached hydrogen (secondary N) is 2. The molecule has 4 aliphatic heterocycles. The van der Waals surface area contributed by atoms with E-state index in [2.05, 4.69) is 10.6 Å². The van der Waals surface area contributed by atoms with E-state index >= 15 is 0 Å². The zero-order valence-corrected chi connectivity index (χ0v) is 19.9. The summed E-state index contributed by atoms with van der Waals surface area (Å²) in [6, 6.07) is 8.56. The van der Waals surface area contributed by atoms with Crippen LogP contribution in [-0.4, -0.2) is 41.4 Å². The molecule has 4 N–H and O–H groups in total. The minimum atomic E-state index is -1.41. The Morgan fingerprint density at radius 2 is 1.89 bits per heavy atom. The first kappa shape index (κ1) is 22.5. The number of primary amides is 1. The van der Waals surface area contributed by atoms with Crippen molar-refractivity contribution in [3.63, 3.8) is 0 Å². The van der Waals surface area contributed by atoms with Crippen LogP contribution in [0, 0.1) is 25.7 Å². The molecule has 0 bridgehead atoms. The lowest BCUT2D eigenvalue weighted by atomic mass is 9.75. The number of carbonyl (C=O) groups is 4. The van der Waals surface area contributed by atoms with E-state index in [0.29, 0.717) is 28.3 Å². The van der Waals surface area contributed by atoms with Gasteiger partial charge in [-0.2, -0.15) is 0 Å². The number of aryl methyl sites for hydroxylation is 2. The maximum absolute atomic E-state index is 13.9. The zero-order valence-electron chi connectivity index (χ0n) is 19.9. The number of likely N-dealkylation sites (tertiary alicyclic amines) is 1. The lowest BCUT2D eigenvalue weighted by molar-refractivity contribution is -0.143. The molecule has 4 aliphatic rings. The van der Waals surface area contributed by atoms with Crippen LogP contribution in [0.2, 0.25) is 0 Å². The SMILES string of the molecule is Cc1cc(C)c2c(c1)[C@]1(N[C@H](CCC(N)=O)[C@H]3C(=O)N(Cc4ccc5c(c4)OCO5)C(=O)[C@@H]31)C(=O)N2. The van der Waals surface area contributed by atoms with E-state index in [1.54, 1.807) is 18.2 Å². The topological polar surface area (TPSA) is 140 Å². The number of hydrogen-bond donors (Lipinski definition) is 3. The van der Waals surface area contributed by atoms with Gasteiger partial charge in [0.25, 0.3) is 0 Å². The smallest absolute Gasteiger partial charge is 0.250 e. The Hall–Kier alpha value is -3.92. The van der Waals surface area contributed by atoms with E-state index in [1.165, 1.54) is 4.90 Å². The van der Waals surface area contributed by atoms with Crippen molar-refractivity contribution in [2.75, 3.05) is 12.1 Å². The van der Waals surface area contributed by atoms with Crippen molar-refractivity contribution >= 4 is 29.3 Å². The number of fused-ring (bicyclic) bond motifs is 5. The molecule has 4 atom stereocenters. The van der Waals surface area contributed by atoms with Gasteiger partial charge >= 0.3 is 0 Å². The van der Waals surface area contributed by atoms with Crippen molar-refractivity contribution in [2.45, 2.75) is 44.8 Å². The van der Waals surface area contributed by atoms with E-state index in [4.69, 9.17) is 15.2 Å². The lowest BCUT2D eigenvalue weighted by Gasteiger charge is -2.30. The molecule has 0 saturated carbocycles. The number of amides is 4. The van der Waals surface area contributed by atoms with Crippen LogP contribution in [-0.2, 0) is 31.3 Å². The molecule has 0 unspecified atom stereocenters. The molecule has 4 amide bonds. The summed E-state index contributed by atoms with van der Waals surface area (Å²) in [4.78, 5) is 54.1. The number of rotatable bonds is 5. The molecular formula is C26H26N4O6. The van der Waals surface area contributed by atoms with E-state index in [9.17, 15) is 19.2 Å². The predicted molar refractivity (Wildman–Crippen MR) is 127 cm³/mol. The standard InChI is InChI=1S/C26H26N4O6/c1-12-7-13(2)22-15(8-12)26(25(34)28-22)21-20(16(29-26)4-6-19(27)31)23(32)30(24(21)33)10-14-3-5-17-18(9-14)36-11-35-17/h3,5,7-9,16,20-21,29H,4,6,10-11H2,1-2H3,(H2,27,31)(H,28,34)/t16-,20-,21-,26-/m1/s1. The Kier molecular flexibility index (Phi) is 4.88. The van der Waals surface area contributed by atoms with Gasteiger partial charge in [0, 0.05) is 23.7 Å². The van der Waals surface area contributed by atoms with E-state index in [1.807, 2.05) is 26.0 Å². The van der Waals surface area contributed by atoms with Crippen molar-refractivity contribution in [3.05, 3.63) is 52.6 Å². The highest BCUT2D eigenvalue weighted by atomic mass is 16.7. The molecule has 0 radical (unpaired) electrons. The van der Waals surface area contributed by atoms with Crippen LogP contribution in [0.1, 0.15) is 35.1 Å². The number of imide groups is 1. The molecule has 2 aromatic carbocycles. The first-order valence-corrected chi connectivity index (χ1v) is 11.9. The third kappa shape index (κ3) is 3.07. The highest BCUT2D eigenvalue weighted by molar-refractivity contribution is 6.15. The van der Waals surface area contributed by atoms with E-state index in [0.717, 1.165) is 11.1 Å². The number of ether oxygens (including phenoxy) is 2. The van der Waals surface area contributed by atoms with Crippen molar-refractivity contribution in [2.24, 2.45) is 17.6 Å². The summed E-state index contributed by atoms with van der Waals surface area (Å²) in [6.07, 6.45) is 0.268. The summed E-state index contributed by atoms with van der Waals surface area (Å²) in [5, 5.41) is 6.29. The van der Waals surface area contributed by atoms with Gasteiger partial charge in [-0.1, -0.05) is 23.8 Å². The summed E-state index contributed by atoms with van der Waals surface area (Å²) in [5.74, 6) is -2.25. The van der Waals surface area contributed by atoms with Crippen LogP contribution in [0.4, 0.5) is 5.69 Å². The molecule has 2 saturated heterocycles. The fourth-order valence-electron chi connectivity index (χ4n) is 6.24. The summed E-state index contributed by atoms with van der Waals surface area (Å²) < 4.78 is 10.8. The molecule has 10 heteroatoms. The Bertz CT molecular complexity index is 1360. The Morgan fingerprint density at radius 3 is 2.67 bits per heavy atom. The van der Waals surface area contributed by atoms with Crippen molar-refractivity contribution in [1.29, 1.82) is 0 Å². The molecule has 6 rings (SSSR count). The summed E-state index contributed by atoms with van der Waals surface area (Å²) in [6.45, 7) is 3.99. The first-order valence-electron chi connectivity index (χ1n) is 11.9. The van der Waals surface area contributed by atoms with Crippen LogP contribution < -0.4 is 25.8 Å². The molecule has 2 aromatic rings. The summed E-state index contributed by atoms with van der Waals surface area (Å²) in [7, 11) is 0. The number of nitrogens with two attached hydrogens (primary N) is 1. The third-order valence-electron chi connectivity index (χ3n) is 7.74. The van der Waals surface area contributed by atoms with Gasteiger partial charge < -0.3 is 20.5 Å². The van der Waals surface area contributed by atoms with Gasteiger partial charge in [0.15, 0.2) is 11.5 Å². The van der Waals surface area contributed by atoms with Gasteiger partial charge in [-0.05, 0) is 43.5 Å². The normalized spacial score (nSPS) is 27.6. The lowest BCUT2D eigenvalue weighted by Crippen LogP contribution is -2.53. The fourth-order valence-corrected chi connectivity index (χ4v) is 6.24. The number of hydrogen-bond acceptors (Lipinski definition) is 7. The van der Waals surface area contributed by atoms with Crippen LogP contribution in [0.3, 0.4) is 0 Å². The molecule has 1 spiro atoms. The van der Waals surface area contributed by atoms with Gasteiger partial charge in [-0.3, -0.25) is 29.4 Å². The fraction of sp³-hybridized carbons (Fsp3) is 0.385. The first-order chi connectivity index (χ1) is 17.2. The number of nitrogens with zero attached hydrogens (tertiary/aromatic N) is 1. The zero-order chi connectivity index (χ0) is 25.4. The Labute approximate surface area is 207 Å². The minimum Gasteiger partial charge on any atom is -0.454 e. The maximum atomic E-state index is 13.9. The average Bonchev–Trinajstić information content (AvgIpc) is 3.55. The van der Waals surface area contributed by atoms with Crippen molar-refractivity contribution < 1.29 is 28.7 Å². The van der Waals surface area contributed by atoms with Gasteiger partial charge in [-0.25, -0.2) is 0 Å². The van der Waals surface area contributed by atoms with Crippen molar-refractivity contribution in [3.8, 4) is 11.5 Å². The van der Waals surface area contributed by atoms with Crippen LogP contribution in [0.15, 0.2) is 30.3 Å². The maximum Gasteiger partial charge on any atom is 0.250 e. The monoisotopic (exact) mass is 490 g/mol. The highest BCUT2D eigenvalue weighted by Crippen LogP contribution is 2.54. The molecule has 0 aromatic heterocycles. The van der Waals surface area contributed by atoms with Crippen LogP contribution >= 0.6 is 0 Å². The summed E-state index contributed by atoms with van der Waals surface area (Å²) in [5.41, 5.74) is 7.83. The molecule has 186 valence electrons. The second-order valence-electron chi connectivity index (χ2n) is 9.98. The van der Waals surface area contributed by atoms with Gasteiger partial charge in [0.1, 0.15) is 5.54 Å². The molecule has 4 heterocycles. The van der Waals surface area contributed by atoms with E-state index in [-0.39, 0.29) is 38.0 Å². The van der Waals surface area contributed by atoms with Crippen molar-refractivity contribution in [1.82, 2.24) is 10.2 Å². The molecule has 2 fully saturated rings. The van der Waals surface area contributed by atoms with Gasteiger partial charge in [-0.15, -0.1) is 0 Å². The van der Waals surface area contributed by atoms with Crippen LogP contribution in [0.5, 0.6) is 11.5 Å². The summed E-state index contributed by atoms with van der Waals surface area (Å²) >= 11 is 0. The largest absolute Gasteiger partial charge is 0.454 e. The highest BCUT2D eigenvalue weighted by Gasteiger charge is 2.70. The molecule has 0 aliphatic carbocycles. The third-order valence-corrected chi connectivity index (χ3v) is 7.74. The van der Waals surface area contributed by atoms with E-state index < -0.39 is 35.2 Å². The number of benzene rings is 2. The molecular weight excluding hydrogens is 464 g/mol. The quantitative estimate of drug-likeness (QED) is 0.536. The Morgan fingerprint density at radius 1 is 1.11 bits per heavy atom. The predicted octanol–water partition coefficient (Wildman–Crippen LogP) is 1.22.